The van der Waals surface area contributed by atoms with Gasteiger partial charge >= 0.3 is 0 Å². The van der Waals surface area contributed by atoms with E-state index in [-0.39, 0.29) is 12.2 Å². The molecule has 0 radical (unpaired) electrons. The highest BCUT2D eigenvalue weighted by Gasteiger charge is 2.39. The molecule has 4 atom stereocenters. The van der Waals surface area contributed by atoms with Crippen LogP contribution in [0.5, 0.6) is 0 Å². The van der Waals surface area contributed by atoms with Gasteiger partial charge in [0.15, 0.2) is 0 Å². The van der Waals surface area contributed by atoms with Crippen molar-refractivity contribution in [3.8, 4) is 0 Å². The SMILES string of the molecule is [2H]C1O[C@H](COCc2ccccc2)[C@@H](OCc2ccccc2)[C@@H]1OCc1ccccc1. The molecule has 3 aromatic rings. The van der Waals surface area contributed by atoms with Crippen LogP contribution in [-0.2, 0) is 38.8 Å². The summed E-state index contributed by atoms with van der Waals surface area (Å²) in [7, 11) is 0. The fourth-order valence-corrected chi connectivity index (χ4v) is 3.42. The van der Waals surface area contributed by atoms with Gasteiger partial charge in [0, 0.05) is 0 Å². The van der Waals surface area contributed by atoms with Crippen molar-refractivity contribution in [1.29, 1.82) is 0 Å². The van der Waals surface area contributed by atoms with Crippen molar-refractivity contribution in [3.05, 3.63) is 108 Å². The number of rotatable bonds is 10. The van der Waals surface area contributed by atoms with Crippen LogP contribution in [0.15, 0.2) is 91.0 Å². The average molecular weight is 406 g/mol. The first-order valence-corrected chi connectivity index (χ1v) is 10.3. The molecule has 30 heavy (non-hydrogen) atoms. The molecule has 3 aromatic carbocycles. The van der Waals surface area contributed by atoms with Crippen LogP contribution in [0.1, 0.15) is 18.1 Å². The fraction of sp³-hybridized carbons (Fsp3) is 0.308. The Morgan fingerprint density at radius 1 is 0.700 bits per heavy atom. The number of hydrogen-bond acceptors (Lipinski definition) is 4. The molecule has 1 aliphatic heterocycles. The van der Waals surface area contributed by atoms with E-state index in [0.29, 0.717) is 26.4 Å². The second kappa shape index (κ2) is 11.0. The first-order chi connectivity index (χ1) is 15.3. The molecule has 1 fully saturated rings. The Morgan fingerprint density at radius 3 is 1.77 bits per heavy atom. The minimum atomic E-state index is -0.824. The second-order valence-electron chi connectivity index (χ2n) is 7.33. The number of benzene rings is 3. The van der Waals surface area contributed by atoms with E-state index in [9.17, 15) is 0 Å². The summed E-state index contributed by atoms with van der Waals surface area (Å²) in [6, 6.07) is 30.0. The third-order valence-corrected chi connectivity index (χ3v) is 5.04. The van der Waals surface area contributed by atoms with Crippen LogP contribution < -0.4 is 0 Å². The monoisotopic (exact) mass is 405 g/mol. The molecule has 0 bridgehead atoms. The lowest BCUT2D eigenvalue weighted by atomic mass is 10.1. The lowest BCUT2D eigenvalue weighted by molar-refractivity contribution is -0.0895. The Hall–Kier alpha value is -2.50. The smallest absolute Gasteiger partial charge is 0.115 e. The molecule has 0 aliphatic carbocycles. The van der Waals surface area contributed by atoms with Gasteiger partial charge in [-0.05, 0) is 16.7 Å². The van der Waals surface area contributed by atoms with Crippen LogP contribution in [0.25, 0.3) is 0 Å². The van der Waals surface area contributed by atoms with Crippen molar-refractivity contribution in [3.63, 3.8) is 0 Å². The van der Waals surface area contributed by atoms with Crippen molar-refractivity contribution in [2.45, 2.75) is 38.1 Å². The maximum atomic E-state index is 8.42. The third kappa shape index (κ3) is 6.00. The number of ether oxygens (including phenoxy) is 4. The fourth-order valence-electron chi connectivity index (χ4n) is 3.42. The molecule has 1 saturated heterocycles. The molecule has 0 spiro atoms. The summed E-state index contributed by atoms with van der Waals surface area (Å²) < 4.78 is 32.5. The Labute approximate surface area is 179 Å². The predicted octanol–water partition coefficient (Wildman–Crippen LogP) is 4.77. The lowest BCUT2D eigenvalue weighted by Crippen LogP contribution is -2.37. The molecule has 156 valence electrons. The van der Waals surface area contributed by atoms with E-state index in [2.05, 4.69) is 0 Å². The van der Waals surface area contributed by atoms with E-state index in [4.69, 9.17) is 20.3 Å². The lowest BCUT2D eigenvalue weighted by Gasteiger charge is -2.24. The minimum absolute atomic E-state index is 0.342. The normalized spacial score (nSPS) is 23.9. The summed E-state index contributed by atoms with van der Waals surface area (Å²) in [6.45, 7) is 0.851. The van der Waals surface area contributed by atoms with Gasteiger partial charge in [-0.1, -0.05) is 91.0 Å². The predicted molar refractivity (Wildman–Crippen MR) is 116 cm³/mol. The Balaban J connectivity index is 1.39. The van der Waals surface area contributed by atoms with Crippen LogP contribution in [-0.4, -0.2) is 31.5 Å². The Kier molecular flexibility index (Phi) is 7.16. The van der Waals surface area contributed by atoms with E-state index in [1.165, 1.54) is 0 Å². The quantitative estimate of drug-likeness (QED) is 0.487. The van der Waals surface area contributed by atoms with Gasteiger partial charge in [0.05, 0.1) is 34.4 Å². The van der Waals surface area contributed by atoms with Crippen molar-refractivity contribution in [2.24, 2.45) is 0 Å². The van der Waals surface area contributed by atoms with Gasteiger partial charge in [0.1, 0.15) is 18.3 Å². The molecule has 1 aliphatic rings. The van der Waals surface area contributed by atoms with E-state index in [0.717, 1.165) is 16.7 Å². The van der Waals surface area contributed by atoms with Crippen molar-refractivity contribution in [1.82, 2.24) is 0 Å². The van der Waals surface area contributed by atoms with E-state index in [1.54, 1.807) is 0 Å². The summed E-state index contributed by atoms with van der Waals surface area (Å²) in [6.07, 6.45) is -1.24. The summed E-state index contributed by atoms with van der Waals surface area (Å²) in [4.78, 5) is 0. The molecule has 4 nitrogen and oxygen atoms in total. The van der Waals surface area contributed by atoms with Crippen LogP contribution in [0.3, 0.4) is 0 Å². The second-order valence-corrected chi connectivity index (χ2v) is 7.33. The first kappa shape index (κ1) is 19.5. The van der Waals surface area contributed by atoms with Gasteiger partial charge in [0.2, 0.25) is 0 Å². The van der Waals surface area contributed by atoms with Crippen molar-refractivity contribution < 1.29 is 20.3 Å². The van der Waals surface area contributed by atoms with Crippen LogP contribution >= 0.6 is 0 Å². The molecule has 0 aromatic heterocycles. The molecule has 4 rings (SSSR count). The number of hydrogen-bond donors (Lipinski definition) is 0. The molecule has 0 N–H and O–H groups in total. The molecular formula is C26H28O4. The molecule has 0 amide bonds. The summed E-state index contributed by atoms with van der Waals surface area (Å²) in [5.74, 6) is 0. The average Bonchev–Trinajstić information content (AvgIpc) is 3.12. The molecule has 1 unspecified atom stereocenters. The van der Waals surface area contributed by atoms with Gasteiger partial charge in [-0.25, -0.2) is 0 Å². The summed E-state index contributed by atoms with van der Waals surface area (Å²) in [5, 5.41) is 0. The standard InChI is InChI=1S/C26H28O4/c1-4-10-21(11-5-1)16-27-19-24-26(30-18-23-14-8-3-9-15-23)25(20-29-24)28-17-22-12-6-2-7-13-22/h1-15,24-26H,16-20H2/t24-,25-,26-/m1/s1/i20D/t20?,24-,25-,26-. The Bertz CT molecular complexity index is 891. The zero-order chi connectivity index (χ0) is 21.3. The highest BCUT2D eigenvalue weighted by molar-refractivity contribution is 5.15. The molecule has 4 heteroatoms. The van der Waals surface area contributed by atoms with Gasteiger partial charge in [-0.2, -0.15) is 0 Å². The van der Waals surface area contributed by atoms with Crippen LogP contribution in [0.4, 0.5) is 0 Å². The zero-order valence-corrected chi connectivity index (χ0v) is 16.9. The Morgan fingerprint density at radius 2 is 1.20 bits per heavy atom. The van der Waals surface area contributed by atoms with E-state index in [1.807, 2.05) is 91.0 Å². The van der Waals surface area contributed by atoms with Gasteiger partial charge in [0.25, 0.3) is 0 Å². The highest BCUT2D eigenvalue weighted by atomic mass is 16.6. The maximum absolute atomic E-state index is 8.42. The third-order valence-electron chi connectivity index (χ3n) is 5.04. The van der Waals surface area contributed by atoms with E-state index >= 15 is 0 Å². The minimum Gasteiger partial charge on any atom is -0.374 e. The topological polar surface area (TPSA) is 36.9 Å². The largest absolute Gasteiger partial charge is 0.374 e. The highest BCUT2D eigenvalue weighted by Crippen LogP contribution is 2.24. The molecular weight excluding hydrogens is 376 g/mol. The molecule has 1 heterocycles. The van der Waals surface area contributed by atoms with Gasteiger partial charge in [-0.15, -0.1) is 0 Å². The van der Waals surface area contributed by atoms with Gasteiger partial charge in [-0.3, -0.25) is 0 Å². The van der Waals surface area contributed by atoms with E-state index < -0.39 is 12.7 Å². The van der Waals surface area contributed by atoms with Crippen LogP contribution in [0.2, 0.25) is 0 Å². The van der Waals surface area contributed by atoms with Crippen LogP contribution in [0, 0.1) is 0 Å². The summed E-state index contributed by atoms with van der Waals surface area (Å²) >= 11 is 0. The molecule has 0 saturated carbocycles. The van der Waals surface area contributed by atoms with Crippen molar-refractivity contribution >= 4 is 0 Å². The summed E-state index contributed by atoms with van der Waals surface area (Å²) in [5.41, 5.74) is 3.23. The van der Waals surface area contributed by atoms with Crippen molar-refractivity contribution in [2.75, 3.05) is 13.2 Å². The zero-order valence-electron chi connectivity index (χ0n) is 17.9. The maximum Gasteiger partial charge on any atom is 0.115 e. The van der Waals surface area contributed by atoms with Gasteiger partial charge < -0.3 is 18.9 Å². The first-order valence-electron chi connectivity index (χ1n) is 10.9.